The van der Waals surface area contributed by atoms with Crippen molar-refractivity contribution in [2.24, 2.45) is 0 Å². The molecule has 0 amide bonds. The summed E-state index contributed by atoms with van der Waals surface area (Å²) < 4.78 is 0. The summed E-state index contributed by atoms with van der Waals surface area (Å²) in [5, 5.41) is 0. The number of nitrogens with zero attached hydrogens (tertiary/aromatic N) is 2. The van der Waals surface area contributed by atoms with Gasteiger partial charge in [-0.25, -0.2) is 0 Å². The molecule has 0 N–H and O–H groups in total. The van der Waals surface area contributed by atoms with Gasteiger partial charge in [0.15, 0.2) is 0 Å². The normalized spacial score (nSPS) is 12.1. The molecule has 0 aliphatic heterocycles. The van der Waals surface area contributed by atoms with Crippen molar-refractivity contribution in [3.05, 3.63) is 314 Å². The molecule has 13 rings (SSSR count). The van der Waals surface area contributed by atoms with Crippen LogP contribution in [0.3, 0.4) is 0 Å². The lowest BCUT2D eigenvalue weighted by Crippen LogP contribution is -2.16. The van der Waals surface area contributed by atoms with E-state index in [0.29, 0.717) is 0 Å². The van der Waals surface area contributed by atoms with Gasteiger partial charge in [0.25, 0.3) is 0 Å². The number of fused-ring (bicyclic) bond motifs is 3. The number of anilines is 6. The number of hydrogen-bond acceptors (Lipinski definition) is 2. The summed E-state index contributed by atoms with van der Waals surface area (Å²) >= 11 is 0. The Morgan fingerprint density at radius 1 is 0.208 bits per heavy atom. The molecule has 0 saturated carbocycles. The third-order valence-corrected chi connectivity index (χ3v) is 15.5. The first-order chi connectivity index (χ1) is 37.9. The van der Waals surface area contributed by atoms with Crippen molar-refractivity contribution in [1.82, 2.24) is 0 Å². The van der Waals surface area contributed by atoms with Crippen molar-refractivity contribution < 1.29 is 0 Å². The minimum atomic E-state index is -0.195. The second kappa shape index (κ2) is 20.2. The molecular weight excluding hydrogens is 929 g/mol. The average molecular weight is 985 g/mol. The fourth-order valence-corrected chi connectivity index (χ4v) is 11.5. The summed E-state index contributed by atoms with van der Waals surface area (Å²) in [4.78, 5) is 4.93. The molecule has 0 saturated heterocycles. The number of rotatable bonds is 12. The number of benzene rings is 12. The Morgan fingerprint density at radius 3 is 0.870 bits per heavy atom. The van der Waals surface area contributed by atoms with Gasteiger partial charge in [0.05, 0.1) is 11.4 Å². The van der Waals surface area contributed by atoms with Crippen LogP contribution in [0.4, 0.5) is 34.1 Å². The fraction of sp³-hybridized carbons (Fsp3) is 0.0400. The van der Waals surface area contributed by atoms with Crippen molar-refractivity contribution in [3.63, 3.8) is 0 Å². The van der Waals surface area contributed by atoms with Crippen LogP contribution < -0.4 is 9.80 Å². The van der Waals surface area contributed by atoms with E-state index in [1.54, 1.807) is 0 Å². The highest BCUT2D eigenvalue weighted by molar-refractivity contribution is 6.00. The molecule has 2 nitrogen and oxygen atoms in total. The standard InChI is InChI=1S/C75H56N2/c1-75(2)71-31-19-18-30-67(71)68-49-40-62(50-72(68)75)70-51-69(61-28-16-7-17-29-61)73(76(63-41-32-57(33-42-63)53-20-8-3-9-21-53)64-43-34-58(35-44-64)54-22-10-4-11-23-54)52-74(70)77(65-45-36-59(37-46-65)55-24-12-5-13-25-55)66-47-38-60(39-48-66)56-26-14-6-15-27-56/h3-52H,1-2H3. The summed E-state index contributed by atoms with van der Waals surface area (Å²) in [6.07, 6.45) is 0. The molecule has 77 heavy (non-hydrogen) atoms. The first-order valence-electron chi connectivity index (χ1n) is 26.7. The minimum absolute atomic E-state index is 0.195. The highest BCUT2D eigenvalue weighted by Crippen LogP contribution is 2.53. The quantitative estimate of drug-likeness (QED) is 0.120. The smallest absolute Gasteiger partial charge is 0.0561 e. The van der Waals surface area contributed by atoms with Crippen LogP contribution in [0.1, 0.15) is 25.0 Å². The SMILES string of the molecule is CC1(C)c2ccccc2-c2ccc(-c3cc(-c4ccccc4)c(N(c4ccc(-c5ccccc5)cc4)c4ccc(-c5ccccc5)cc4)cc3N(c3ccc(-c4ccccc4)cc3)c3ccc(-c4ccccc4)cc3)cc21. The van der Waals surface area contributed by atoms with Crippen LogP contribution in [0.5, 0.6) is 0 Å². The van der Waals surface area contributed by atoms with Gasteiger partial charge in [-0.1, -0.05) is 250 Å². The monoisotopic (exact) mass is 984 g/mol. The first-order valence-corrected chi connectivity index (χ1v) is 26.7. The summed E-state index contributed by atoms with van der Waals surface area (Å²) in [5.74, 6) is 0. The molecule has 12 aromatic carbocycles. The molecule has 0 atom stereocenters. The topological polar surface area (TPSA) is 6.48 Å². The van der Waals surface area contributed by atoms with Crippen molar-refractivity contribution >= 4 is 34.1 Å². The fourth-order valence-electron chi connectivity index (χ4n) is 11.5. The molecular formula is C75H56N2. The molecule has 0 radical (unpaired) electrons. The zero-order valence-electron chi connectivity index (χ0n) is 43.3. The Balaban J connectivity index is 1.09. The summed E-state index contributed by atoms with van der Waals surface area (Å²) in [7, 11) is 0. The summed E-state index contributed by atoms with van der Waals surface area (Å²) in [5.41, 5.74) is 25.3. The highest BCUT2D eigenvalue weighted by Gasteiger charge is 2.36. The Kier molecular flexibility index (Phi) is 12.3. The summed E-state index contributed by atoms with van der Waals surface area (Å²) in [6.45, 7) is 4.75. The zero-order valence-corrected chi connectivity index (χ0v) is 43.3. The lowest BCUT2D eigenvalue weighted by atomic mass is 9.81. The van der Waals surface area contributed by atoms with Crippen molar-refractivity contribution in [2.75, 3.05) is 9.80 Å². The minimum Gasteiger partial charge on any atom is -0.310 e. The van der Waals surface area contributed by atoms with E-state index in [4.69, 9.17) is 0 Å². The van der Waals surface area contributed by atoms with E-state index in [1.165, 1.54) is 66.8 Å². The van der Waals surface area contributed by atoms with Gasteiger partial charge in [-0.05, 0) is 145 Å². The molecule has 12 aromatic rings. The second-order valence-corrected chi connectivity index (χ2v) is 20.5. The van der Waals surface area contributed by atoms with Gasteiger partial charge in [-0.15, -0.1) is 0 Å². The number of hydrogen-bond donors (Lipinski definition) is 0. The average Bonchev–Trinajstić information content (AvgIpc) is 3.90. The lowest BCUT2D eigenvalue weighted by Gasteiger charge is -2.33. The van der Waals surface area contributed by atoms with Gasteiger partial charge in [-0.3, -0.25) is 0 Å². The van der Waals surface area contributed by atoms with E-state index in [-0.39, 0.29) is 5.41 Å². The predicted molar refractivity (Wildman–Crippen MR) is 326 cm³/mol. The predicted octanol–water partition coefficient (Wildman–Crippen LogP) is 20.9. The largest absolute Gasteiger partial charge is 0.310 e. The molecule has 0 bridgehead atoms. The molecule has 0 aromatic heterocycles. The molecule has 0 fully saturated rings. The van der Waals surface area contributed by atoms with Crippen LogP contribution in [-0.4, -0.2) is 0 Å². The molecule has 2 heteroatoms. The molecule has 0 unspecified atom stereocenters. The highest BCUT2D eigenvalue weighted by atomic mass is 15.2. The lowest BCUT2D eigenvalue weighted by molar-refractivity contribution is 0.660. The van der Waals surface area contributed by atoms with Gasteiger partial charge < -0.3 is 9.80 Å². The van der Waals surface area contributed by atoms with Crippen molar-refractivity contribution in [3.8, 4) is 77.9 Å². The van der Waals surface area contributed by atoms with Gasteiger partial charge in [0.2, 0.25) is 0 Å². The van der Waals surface area contributed by atoms with Gasteiger partial charge in [0, 0.05) is 39.3 Å². The maximum atomic E-state index is 2.47. The van der Waals surface area contributed by atoms with Crippen LogP contribution in [0.25, 0.3) is 77.9 Å². The Hall–Kier alpha value is -9.76. The van der Waals surface area contributed by atoms with Crippen LogP contribution in [0, 0.1) is 0 Å². The van der Waals surface area contributed by atoms with Crippen LogP contribution in [0.15, 0.2) is 303 Å². The van der Waals surface area contributed by atoms with E-state index >= 15 is 0 Å². The van der Waals surface area contributed by atoms with Crippen LogP contribution in [0.2, 0.25) is 0 Å². The maximum absolute atomic E-state index is 2.47. The van der Waals surface area contributed by atoms with E-state index in [1.807, 2.05) is 0 Å². The molecule has 1 aliphatic carbocycles. The van der Waals surface area contributed by atoms with Gasteiger partial charge in [-0.2, -0.15) is 0 Å². The summed E-state index contributed by atoms with van der Waals surface area (Å²) in [6, 6.07) is 111. The van der Waals surface area contributed by atoms with Gasteiger partial charge >= 0.3 is 0 Å². The third-order valence-electron chi connectivity index (χ3n) is 15.5. The Morgan fingerprint density at radius 2 is 0.494 bits per heavy atom. The molecule has 1 aliphatic rings. The van der Waals surface area contributed by atoms with E-state index in [2.05, 4.69) is 327 Å². The van der Waals surface area contributed by atoms with E-state index < -0.39 is 0 Å². The Bertz CT molecular complexity index is 3820. The van der Waals surface area contributed by atoms with E-state index in [9.17, 15) is 0 Å². The third kappa shape index (κ3) is 9.00. The zero-order chi connectivity index (χ0) is 51.7. The van der Waals surface area contributed by atoms with Crippen LogP contribution in [-0.2, 0) is 5.41 Å². The van der Waals surface area contributed by atoms with Crippen LogP contribution >= 0.6 is 0 Å². The molecule has 0 spiro atoms. The second-order valence-electron chi connectivity index (χ2n) is 20.5. The van der Waals surface area contributed by atoms with E-state index in [0.717, 1.165) is 56.4 Å². The molecule has 0 heterocycles. The molecule has 366 valence electrons. The van der Waals surface area contributed by atoms with Gasteiger partial charge in [0.1, 0.15) is 0 Å². The van der Waals surface area contributed by atoms with Crippen molar-refractivity contribution in [1.29, 1.82) is 0 Å². The maximum Gasteiger partial charge on any atom is 0.0561 e. The first kappa shape index (κ1) is 47.0. The Labute approximate surface area is 453 Å². The van der Waals surface area contributed by atoms with Crippen molar-refractivity contribution in [2.45, 2.75) is 19.3 Å².